The van der Waals surface area contributed by atoms with Gasteiger partial charge < -0.3 is 0 Å². The van der Waals surface area contributed by atoms with Gasteiger partial charge in [-0.3, -0.25) is 0 Å². The second kappa shape index (κ2) is 3.47. The topological polar surface area (TPSA) is 71.4 Å². The second-order valence-electron chi connectivity index (χ2n) is 2.16. The van der Waals surface area contributed by atoms with Gasteiger partial charge in [0.1, 0.15) is 0 Å². The first-order valence-electron chi connectivity index (χ1n) is 3.07. The van der Waals surface area contributed by atoms with Crippen LogP contribution in [0.1, 0.15) is 0 Å². The molecule has 1 rings (SSSR count). The van der Waals surface area contributed by atoms with Crippen LogP contribution in [0.2, 0.25) is 0 Å². The minimum atomic E-state index is -4.11. The molecule has 1 atom stereocenters. The Hall–Kier alpha value is -0.512. The predicted molar refractivity (Wildman–Crippen MR) is 45.1 cm³/mol. The van der Waals surface area contributed by atoms with Gasteiger partial charge in [-0.2, -0.15) is 0 Å². The molecule has 1 aromatic rings. The molecular weight excluding hydrogens is 243 g/mol. The van der Waals surface area contributed by atoms with Crippen LogP contribution in [0.15, 0.2) is 29.2 Å². The van der Waals surface area contributed by atoms with Crippen molar-refractivity contribution in [2.75, 3.05) is 0 Å². The first kappa shape index (κ1) is 9.58. The van der Waals surface area contributed by atoms with E-state index in [4.69, 9.17) is 4.55 Å². The molecule has 0 bridgehead atoms. The summed E-state index contributed by atoms with van der Waals surface area (Å²) >= 11 is -1.63. The van der Waals surface area contributed by atoms with Crippen LogP contribution in [0, 0.1) is 0 Å². The standard InChI is InChI=1S/C6H7AsO4S/c8-7-5-1-3-6(4-2-5)12(9,10)11/h1-4H,7H2,(H,9,10,11). The summed E-state index contributed by atoms with van der Waals surface area (Å²) in [6.07, 6.45) is 0. The molecule has 0 aromatic heterocycles. The van der Waals surface area contributed by atoms with Crippen LogP contribution in [-0.4, -0.2) is 28.7 Å². The number of rotatable bonds is 2. The monoisotopic (exact) mass is 250 g/mol. The molecule has 6 heteroatoms. The van der Waals surface area contributed by atoms with Gasteiger partial charge in [-0.25, -0.2) is 0 Å². The molecule has 0 aliphatic heterocycles. The van der Waals surface area contributed by atoms with Crippen LogP contribution < -0.4 is 4.35 Å². The van der Waals surface area contributed by atoms with Gasteiger partial charge >= 0.3 is 76.0 Å². The average Bonchev–Trinajstić information content (AvgIpc) is 2.03. The van der Waals surface area contributed by atoms with E-state index in [1.54, 1.807) is 0 Å². The normalized spacial score (nSPS) is 12.4. The van der Waals surface area contributed by atoms with Crippen LogP contribution in [0.3, 0.4) is 0 Å². The van der Waals surface area contributed by atoms with Crippen molar-refractivity contribution in [3.8, 4) is 0 Å². The maximum atomic E-state index is 10.5. The molecule has 0 amide bonds. The van der Waals surface area contributed by atoms with Crippen molar-refractivity contribution in [1.29, 1.82) is 0 Å². The van der Waals surface area contributed by atoms with Crippen molar-refractivity contribution in [3.05, 3.63) is 24.3 Å². The summed E-state index contributed by atoms with van der Waals surface area (Å²) in [7, 11) is -4.11. The van der Waals surface area contributed by atoms with E-state index in [1.165, 1.54) is 24.3 Å². The van der Waals surface area contributed by atoms with Crippen LogP contribution in [0.4, 0.5) is 0 Å². The Bertz CT molecular complexity index is 381. The van der Waals surface area contributed by atoms with E-state index in [-0.39, 0.29) is 4.90 Å². The number of benzene rings is 1. The molecule has 0 heterocycles. The number of hydrogen-bond donors (Lipinski definition) is 1. The van der Waals surface area contributed by atoms with Crippen LogP contribution in [-0.2, 0) is 13.9 Å². The summed E-state index contributed by atoms with van der Waals surface area (Å²) in [5.74, 6) is 0. The maximum absolute atomic E-state index is 10.5. The average molecular weight is 250 g/mol. The van der Waals surface area contributed by atoms with E-state index in [1.807, 2.05) is 0 Å². The van der Waals surface area contributed by atoms with Crippen molar-refractivity contribution in [3.63, 3.8) is 0 Å². The van der Waals surface area contributed by atoms with Crippen molar-refractivity contribution >= 4 is 30.2 Å². The molecule has 0 saturated heterocycles. The molecule has 0 aliphatic rings. The first-order valence-corrected chi connectivity index (χ1v) is 6.71. The van der Waals surface area contributed by atoms with Gasteiger partial charge in [0.25, 0.3) is 0 Å². The van der Waals surface area contributed by atoms with Gasteiger partial charge in [-0.1, -0.05) is 0 Å². The van der Waals surface area contributed by atoms with E-state index < -0.39 is 25.8 Å². The van der Waals surface area contributed by atoms with Crippen LogP contribution >= 0.6 is 0 Å². The molecule has 0 spiro atoms. The van der Waals surface area contributed by atoms with E-state index in [2.05, 4.69) is 0 Å². The minimum absolute atomic E-state index is 0.170. The SMILES string of the molecule is O=[AsH2]c1ccc(S(=O)(=O)O)cc1. The van der Waals surface area contributed by atoms with Gasteiger partial charge in [-0.15, -0.1) is 0 Å². The Morgan fingerprint density at radius 3 is 2.00 bits per heavy atom. The van der Waals surface area contributed by atoms with Gasteiger partial charge in [-0.05, 0) is 0 Å². The molecule has 0 fully saturated rings. The molecule has 0 saturated carbocycles. The Labute approximate surface area is 76.3 Å². The summed E-state index contributed by atoms with van der Waals surface area (Å²) in [5, 5.41) is 0. The Morgan fingerprint density at radius 2 is 1.67 bits per heavy atom. The Balaban J connectivity index is 3.17. The molecule has 1 N–H and O–H groups in total. The fraction of sp³-hybridized carbons (Fsp3) is 0. The van der Waals surface area contributed by atoms with Crippen molar-refractivity contribution in [2.24, 2.45) is 0 Å². The molecule has 0 radical (unpaired) electrons. The molecule has 12 heavy (non-hydrogen) atoms. The zero-order valence-corrected chi connectivity index (χ0v) is 9.21. The predicted octanol–water partition coefficient (Wildman–Crippen LogP) is -0.927. The van der Waals surface area contributed by atoms with Gasteiger partial charge in [0.05, 0.1) is 0 Å². The quantitative estimate of drug-likeness (QED) is 0.544. The molecule has 1 unspecified atom stereocenters. The second-order valence-corrected chi connectivity index (χ2v) is 5.48. The third-order valence-electron chi connectivity index (χ3n) is 1.31. The van der Waals surface area contributed by atoms with E-state index >= 15 is 0 Å². The molecular formula is C6H7AsO4S. The third kappa shape index (κ3) is 2.24. The van der Waals surface area contributed by atoms with Crippen molar-refractivity contribution < 1.29 is 16.7 Å². The van der Waals surface area contributed by atoms with Crippen LogP contribution in [0.25, 0.3) is 0 Å². The fourth-order valence-corrected chi connectivity index (χ4v) is 1.93. The summed E-state index contributed by atoms with van der Waals surface area (Å²) < 4.78 is 40.7. The summed E-state index contributed by atoms with van der Waals surface area (Å²) in [6, 6.07) is 5.35. The summed E-state index contributed by atoms with van der Waals surface area (Å²) in [6.45, 7) is 0. The summed E-state index contributed by atoms with van der Waals surface area (Å²) in [4.78, 5) is -0.170. The van der Waals surface area contributed by atoms with Crippen molar-refractivity contribution in [1.82, 2.24) is 0 Å². The summed E-state index contributed by atoms with van der Waals surface area (Å²) in [5.41, 5.74) is 0. The fourth-order valence-electron chi connectivity index (χ4n) is 0.718. The Morgan fingerprint density at radius 1 is 1.17 bits per heavy atom. The van der Waals surface area contributed by atoms with E-state index in [9.17, 15) is 12.2 Å². The zero-order chi connectivity index (χ0) is 9.19. The first-order chi connectivity index (χ1) is 5.54. The number of hydrogen-bond acceptors (Lipinski definition) is 3. The zero-order valence-electron chi connectivity index (χ0n) is 5.97. The van der Waals surface area contributed by atoms with Gasteiger partial charge in [0.2, 0.25) is 0 Å². The van der Waals surface area contributed by atoms with Crippen LogP contribution in [0.5, 0.6) is 0 Å². The Kier molecular flexibility index (Phi) is 2.77. The third-order valence-corrected chi connectivity index (χ3v) is 3.56. The molecule has 4 nitrogen and oxygen atoms in total. The molecule has 0 aliphatic carbocycles. The van der Waals surface area contributed by atoms with Gasteiger partial charge in [0.15, 0.2) is 0 Å². The van der Waals surface area contributed by atoms with Gasteiger partial charge in [0, 0.05) is 0 Å². The molecule has 1 aromatic carbocycles. The van der Waals surface area contributed by atoms with Crippen molar-refractivity contribution in [2.45, 2.75) is 4.90 Å². The molecule has 66 valence electrons. The van der Waals surface area contributed by atoms with E-state index in [0.717, 1.165) is 0 Å². The van der Waals surface area contributed by atoms with E-state index in [0.29, 0.717) is 4.35 Å².